The van der Waals surface area contributed by atoms with Crippen molar-refractivity contribution in [3.63, 3.8) is 0 Å². The zero-order valence-corrected chi connectivity index (χ0v) is 9.10. The Morgan fingerprint density at radius 1 is 1.57 bits per heavy atom. The van der Waals surface area contributed by atoms with E-state index in [1.54, 1.807) is 11.3 Å². The van der Waals surface area contributed by atoms with Crippen LogP contribution < -0.4 is 5.32 Å². The Balaban J connectivity index is 1.97. The second kappa shape index (κ2) is 6.56. The smallest absolute Gasteiger partial charge is 0.306 e. The molecule has 1 aromatic rings. The second-order valence-corrected chi connectivity index (χ2v) is 3.94. The van der Waals surface area contributed by atoms with Crippen LogP contribution in [0.4, 0.5) is 0 Å². The van der Waals surface area contributed by atoms with E-state index < -0.39 is 0 Å². The van der Waals surface area contributed by atoms with E-state index in [1.807, 2.05) is 0 Å². The van der Waals surface area contributed by atoms with Gasteiger partial charge < -0.3 is 10.1 Å². The van der Waals surface area contributed by atoms with Crippen molar-refractivity contribution in [3.8, 4) is 0 Å². The van der Waals surface area contributed by atoms with Crippen LogP contribution in [0.5, 0.6) is 0 Å². The van der Waals surface area contributed by atoms with Gasteiger partial charge in [0.1, 0.15) is 0 Å². The molecule has 0 aliphatic rings. The van der Waals surface area contributed by atoms with Crippen molar-refractivity contribution >= 4 is 17.3 Å². The molecule has 1 aromatic heterocycles. The van der Waals surface area contributed by atoms with Crippen LogP contribution in [-0.4, -0.2) is 26.2 Å². The predicted molar refractivity (Wildman–Crippen MR) is 57.5 cm³/mol. The zero-order valence-electron chi connectivity index (χ0n) is 8.29. The van der Waals surface area contributed by atoms with Crippen molar-refractivity contribution in [2.75, 3.05) is 20.2 Å². The summed E-state index contributed by atoms with van der Waals surface area (Å²) in [6.45, 7) is 1.61. The number of hydrogen-bond donors (Lipinski definition) is 1. The van der Waals surface area contributed by atoms with E-state index in [1.165, 1.54) is 12.0 Å². The Hall–Kier alpha value is -0.870. The number of hydrogen-bond acceptors (Lipinski definition) is 4. The SMILES string of the molecule is COC(=O)CCNCCc1cccs1. The molecule has 1 rings (SSSR count). The normalized spacial score (nSPS) is 10.1. The number of ether oxygens (including phenoxy) is 1. The van der Waals surface area contributed by atoms with E-state index >= 15 is 0 Å². The highest BCUT2D eigenvalue weighted by Gasteiger charge is 1.98. The van der Waals surface area contributed by atoms with E-state index in [9.17, 15) is 4.79 Å². The molecule has 0 saturated heterocycles. The monoisotopic (exact) mass is 213 g/mol. The van der Waals surface area contributed by atoms with E-state index in [0.717, 1.165) is 13.0 Å². The topological polar surface area (TPSA) is 38.3 Å². The number of methoxy groups -OCH3 is 1. The van der Waals surface area contributed by atoms with Crippen LogP contribution in [0.25, 0.3) is 0 Å². The minimum atomic E-state index is -0.159. The van der Waals surface area contributed by atoms with Gasteiger partial charge in [0, 0.05) is 11.4 Å². The van der Waals surface area contributed by atoms with Crippen LogP contribution >= 0.6 is 11.3 Å². The number of thiophene rings is 1. The van der Waals surface area contributed by atoms with Crippen molar-refractivity contribution in [2.45, 2.75) is 12.8 Å². The van der Waals surface area contributed by atoms with Crippen LogP contribution in [0.1, 0.15) is 11.3 Å². The summed E-state index contributed by atoms with van der Waals surface area (Å²) in [5.74, 6) is -0.159. The summed E-state index contributed by atoms with van der Waals surface area (Å²) in [5.41, 5.74) is 0. The summed E-state index contributed by atoms with van der Waals surface area (Å²) in [6, 6.07) is 4.17. The molecule has 1 heterocycles. The number of carbonyl (C=O) groups excluding carboxylic acids is 1. The molecule has 0 radical (unpaired) electrons. The molecule has 0 aromatic carbocycles. The Labute approximate surface area is 88.1 Å². The number of carbonyl (C=O) groups is 1. The molecule has 4 heteroatoms. The third-order valence-corrected chi connectivity index (χ3v) is 2.80. The van der Waals surface area contributed by atoms with Crippen LogP contribution in [0.3, 0.4) is 0 Å². The molecule has 3 nitrogen and oxygen atoms in total. The third-order valence-electron chi connectivity index (χ3n) is 1.86. The molecule has 0 spiro atoms. The van der Waals surface area contributed by atoms with Crippen molar-refractivity contribution in [1.82, 2.24) is 5.32 Å². The average Bonchev–Trinajstić information content (AvgIpc) is 2.69. The summed E-state index contributed by atoms with van der Waals surface area (Å²) in [5, 5.41) is 5.27. The second-order valence-electron chi connectivity index (χ2n) is 2.91. The maximum atomic E-state index is 10.7. The average molecular weight is 213 g/mol. The largest absolute Gasteiger partial charge is 0.469 e. The molecule has 0 atom stereocenters. The van der Waals surface area contributed by atoms with Crippen LogP contribution in [0.15, 0.2) is 17.5 Å². The highest BCUT2D eigenvalue weighted by Crippen LogP contribution is 2.07. The number of rotatable bonds is 6. The molecule has 0 amide bonds. The van der Waals surface area contributed by atoms with Crippen molar-refractivity contribution in [3.05, 3.63) is 22.4 Å². The lowest BCUT2D eigenvalue weighted by Gasteiger charge is -2.02. The lowest BCUT2D eigenvalue weighted by Crippen LogP contribution is -2.21. The molecular weight excluding hydrogens is 198 g/mol. The first-order valence-electron chi connectivity index (χ1n) is 4.63. The van der Waals surface area contributed by atoms with Crippen molar-refractivity contribution in [1.29, 1.82) is 0 Å². The Morgan fingerprint density at radius 2 is 2.43 bits per heavy atom. The molecule has 78 valence electrons. The van der Waals surface area contributed by atoms with Gasteiger partial charge in [0.2, 0.25) is 0 Å². The standard InChI is InChI=1S/C10H15NO2S/c1-13-10(12)5-7-11-6-4-9-3-2-8-14-9/h2-3,8,11H,4-7H2,1H3. The molecule has 1 N–H and O–H groups in total. The van der Waals surface area contributed by atoms with E-state index in [-0.39, 0.29) is 5.97 Å². The summed E-state index contributed by atoms with van der Waals surface area (Å²) in [7, 11) is 1.41. The van der Waals surface area contributed by atoms with Crippen molar-refractivity contribution < 1.29 is 9.53 Å². The fourth-order valence-corrected chi connectivity index (χ4v) is 1.79. The number of esters is 1. The first kappa shape index (κ1) is 11.2. The highest BCUT2D eigenvalue weighted by molar-refractivity contribution is 7.09. The van der Waals surface area contributed by atoms with Crippen LogP contribution in [0.2, 0.25) is 0 Å². The van der Waals surface area contributed by atoms with Gasteiger partial charge in [-0.05, 0) is 24.4 Å². The molecule has 0 fully saturated rings. The van der Waals surface area contributed by atoms with Crippen LogP contribution in [-0.2, 0) is 16.0 Å². The predicted octanol–water partition coefficient (Wildman–Crippen LogP) is 1.44. The Kier molecular flexibility index (Phi) is 5.25. The molecular formula is C10H15NO2S. The first-order chi connectivity index (χ1) is 6.83. The van der Waals surface area contributed by atoms with E-state index in [0.29, 0.717) is 13.0 Å². The zero-order chi connectivity index (χ0) is 10.2. The fourth-order valence-electron chi connectivity index (χ4n) is 1.08. The van der Waals surface area contributed by atoms with Crippen LogP contribution in [0, 0.1) is 0 Å². The Bertz CT molecular complexity index is 259. The summed E-state index contributed by atoms with van der Waals surface area (Å²) < 4.78 is 4.53. The summed E-state index contributed by atoms with van der Waals surface area (Å²) >= 11 is 1.76. The minimum Gasteiger partial charge on any atom is -0.469 e. The maximum absolute atomic E-state index is 10.7. The maximum Gasteiger partial charge on any atom is 0.306 e. The molecule has 0 unspecified atom stereocenters. The third kappa shape index (κ3) is 4.39. The highest BCUT2D eigenvalue weighted by atomic mass is 32.1. The quantitative estimate of drug-likeness (QED) is 0.574. The van der Waals surface area contributed by atoms with Gasteiger partial charge in [0.15, 0.2) is 0 Å². The summed E-state index contributed by atoms with van der Waals surface area (Å²) in [6.07, 6.45) is 1.47. The summed E-state index contributed by atoms with van der Waals surface area (Å²) in [4.78, 5) is 12.1. The van der Waals surface area contributed by atoms with E-state index in [2.05, 4.69) is 27.6 Å². The lowest BCUT2D eigenvalue weighted by atomic mass is 10.3. The van der Waals surface area contributed by atoms with Gasteiger partial charge in [-0.2, -0.15) is 0 Å². The van der Waals surface area contributed by atoms with Gasteiger partial charge in [-0.1, -0.05) is 6.07 Å². The van der Waals surface area contributed by atoms with E-state index in [4.69, 9.17) is 0 Å². The van der Waals surface area contributed by atoms with Gasteiger partial charge in [-0.25, -0.2) is 0 Å². The van der Waals surface area contributed by atoms with Gasteiger partial charge in [0.05, 0.1) is 13.5 Å². The van der Waals surface area contributed by atoms with Gasteiger partial charge >= 0.3 is 5.97 Å². The molecule has 14 heavy (non-hydrogen) atoms. The molecule has 0 aliphatic carbocycles. The minimum absolute atomic E-state index is 0.159. The van der Waals surface area contributed by atoms with Gasteiger partial charge in [0.25, 0.3) is 0 Å². The van der Waals surface area contributed by atoms with Crippen molar-refractivity contribution in [2.24, 2.45) is 0 Å². The Morgan fingerprint density at radius 3 is 3.07 bits per heavy atom. The van der Waals surface area contributed by atoms with Gasteiger partial charge in [-0.15, -0.1) is 11.3 Å². The molecule has 0 saturated carbocycles. The number of nitrogens with one attached hydrogen (secondary N) is 1. The first-order valence-corrected chi connectivity index (χ1v) is 5.51. The molecule has 0 aliphatic heterocycles. The molecule has 0 bridgehead atoms. The fraction of sp³-hybridized carbons (Fsp3) is 0.500. The van der Waals surface area contributed by atoms with Gasteiger partial charge in [-0.3, -0.25) is 4.79 Å². The lowest BCUT2D eigenvalue weighted by molar-refractivity contribution is -0.140.